The van der Waals surface area contributed by atoms with Gasteiger partial charge in [0, 0.05) is 19.0 Å². The maximum absolute atomic E-state index is 12.9. The third kappa shape index (κ3) is 4.40. The van der Waals surface area contributed by atoms with E-state index in [9.17, 15) is 9.59 Å². The van der Waals surface area contributed by atoms with E-state index < -0.39 is 5.97 Å². The number of carbonyl (C=O) groups excluding carboxylic acids is 1. The molecule has 1 amide bonds. The van der Waals surface area contributed by atoms with Crippen molar-refractivity contribution in [2.75, 3.05) is 32.7 Å². The molecule has 1 aliphatic carbocycles. The van der Waals surface area contributed by atoms with Gasteiger partial charge in [0.1, 0.15) is 0 Å². The summed E-state index contributed by atoms with van der Waals surface area (Å²) < 4.78 is 0. The summed E-state index contributed by atoms with van der Waals surface area (Å²) in [6, 6.07) is 7.10. The van der Waals surface area contributed by atoms with Gasteiger partial charge in [-0.25, -0.2) is 0 Å². The predicted molar refractivity (Wildman–Crippen MR) is 108 cm³/mol. The summed E-state index contributed by atoms with van der Waals surface area (Å²) >= 11 is 0. The van der Waals surface area contributed by atoms with E-state index in [1.165, 1.54) is 36.8 Å². The number of rotatable bonds is 4. The van der Waals surface area contributed by atoms with Crippen LogP contribution in [-0.4, -0.2) is 59.5 Å². The largest absolute Gasteiger partial charge is 0.480 e. The van der Waals surface area contributed by atoms with Gasteiger partial charge in [0.2, 0.25) is 5.91 Å². The van der Waals surface area contributed by atoms with E-state index in [-0.39, 0.29) is 12.5 Å². The smallest absolute Gasteiger partial charge is 0.317 e. The summed E-state index contributed by atoms with van der Waals surface area (Å²) in [5.74, 6) is 0.159. The van der Waals surface area contributed by atoms with Crippen molar-refractivity contribution in [1.82, 2.24) is 9.80 Å². The second kappa shape index (κ2) is 8.64. The zero-order chi connectivity index (χ0) is 19.5. The van der Waals surface area contributed by atoms with Crippen molar-refractivity contribution in [3.05, 3.63) is 34.9 Å². The maximum Gasteiger partial charge on any atom is 0.317 e. The monoisotopic (exact) mass is 384 g/mol. The van der Waals surface area contributed by atoms with E-state index >= 15 is 0 Å². The number of piperidine rings is 2. The number of fused-ring (bicyclic) bond motifs is 1. The van der Waals surface area contributed by atoms with Crippen molar-refractivity contribution in [2.45, 2.75) is 57.3 Å². The van der Waals surface area contributed by atoms with E-state index in [0.29, 0.717) is 24.9 Å². The first-order chi connectivity index (χ1) is 13.6. The lowest BCUT2D eigenvalue weighted by atomic mass is 9.84. The van der Waals surface area contributed by atoms with Crippen LogP contribution in [0.2, 0.25) is 0 Å². The fraction of sp³-hybridized carbons (Fsp3) is 0.652. The van der Waals surface area contributed by atoms with Crippen LogP contribution in [0.1, 0.15) is 61.1 Å². The number of amides is 1. The highest BCUT2D eigenvalue weighted by Crippen LogP contribution is 2.32. The van der Waals surface area contributed by atoms with Crippen molar-refractivity contribution in [1.29, 1.82) is 0 Å². The SMILES string of the molecule is O=C(O)CN1CCC(C(=O)N2CCC(c3ccc4c(c3)CCCC4)CC2)CC1. The molecule has 1 aromatic rings. The minimum absolute atomic E-state index is 0.0744. The summed E-state index contributed by atoms with van der Waals surface area (Å²) in [4.78, 5) is 27.7. The van der Waals surface area contributed by atoms with Crippen LogP contribution in [0.4, 0.5) is 0 Å². The van der Waals surface area contributed by atoms with E-state index in [2.05, 4.69) is 23.1 Å². The molecule has 0 unspecified atom stereocenters. The number of benzene rings is 1. The standard InChI is InChI=1S/C23H32N2O3/c26-22(27)16-24-11-7-19(8-12-24)23(28)25-13-9-18(10-14-25)21-6-5-17-3-1-2-4-20(17)15-21/h5-6,15,18-19H,1-4,7-14,16H2,(H,26,27). The fourth-order valence-electron chi connectivity index (χ4n) is 5.23. The summed E-state index contributed by atoms with van der Waals surface area (Å²) in [6.45, 7) is 3.24. The van der Waals surface area contributed by atoms with Crippen LogP contribution in [0.15, 0.2) is 18.2 Å². The third-order valence-electron chi connectivity index (χ3n) is 6.95. The van der Waals surface area contributed by atoms with Crippen LogP contribution in [0.3, 0.4) is 0 Å². The molecule has 0 spiro atoms. The Labute approximate surface area is 167 Å². The van der Waals surface area contributed by atoms with Crippen molar-refractivity contribution < 1.29 is 14.7 Å². The van der Waals surface area contributed by atoms with E-state index in [1.54, 1.807) is 5.56 Å². The Morgan fingerprint density at radius 3 is 2.29 bits per heavy atom. The second-order valence-electron chi connectivity index (χ2n) is 8.78. The lowest BCUT2D eigenvalue weighted by molar-refractivity contribution is -0.140. The van der Waals surface area contributed by atoms with Crippen LogP contribution in [0, 0.1) is 5.92 Å². The molecule has 5 nitrogen and oxygen atoms in total. The second-order valence-corrected chi connectivity index (χ2v) is 8.78. The predicted octanol–water partition coefficient (Wildman–Crippen LogP) is 3.07. The Morgan fingerprint density at radius 1 is 0.929 bits per heavy atom. The van der Waals surface area contributed by atoms with Gasteiger partial charge in [-0.1, -0.05) is 18.2 Å². The number of hydrogen-bond donors (Lipinski definition) is 1. The fourth-order valence-corrected chi connectivity index (χ4v) is 5.23. The van der Waals surface area contributed by atoms with Crippen LogP contribution in [-0.2, 0) is 22.4 Å². The molecule has 0 bridgehead atoms. The molecule has 2 heterocycles. The number of nitrogens with zero attached hydrogens (tertiary/aromatic N) is 2. The summed E-state index contributed by atoms with van der Waals surface area (Å²) in [7, 11) is 0. The lowest BCUT2D eigenvalue weighted by Gasteiger charge is -2.37. The molecule has 1 aromatic carbocycles. The number of carboxylic acid groups (broad SMARTS) is 1. The van der Waals surface area contributed by atoms with Gasteiger partial charge in [0.25, 0.3) is 0 Å². The average molecular weight is 385 g/mol. The summed E-state index contributed by atoms with van der Waals surface area (Å²) in [6.07, 6.45) is 8.78. The Kier molecular flexibility index (Phi) is 6.00. The van der Waals surface area contributed by atoms with Gasteiger partial charge in [0.05, 0.1) is 6.54 Å². The molecule has 0 saturated carbocycles. The Bertz CT molecular complexity index is 717. The summed E-state index contributed by atoms with van der Waals surface area (Å²) in [5.41, 5.74) is 4.56. The Hall–Kier alpha value is -1.88. The molecule has 0 radical (unpaired) electrons. The van der Waals surface area contributed by atoms with Gasteiger partial charge < -0.3 is 10.0 Å². The zero-order valence-corrected chi connectivity index (χ0v) is 16.7. The van der Waals surface area contributed by atoms with Gasteiger partial charge in [-0.15, -0.1) is 0 Å². The normalized spacial score (nSPS) is 22.1. The van der Waals surface area contributed by atoms with Gasteiger partial charge in [-0.2, -0.15) is 0 Å². The molecule has 4 rings (SSSR count). The number of carboxylic acids is 1. The molecule has 2 aliphatic heterocycles. The number of carbonyl (C=O) groups is 2. The molecule has 28 heavy (non-hydrogen) atoms. The van der Waals surface area contributed by atoms with Crippen molar-refractivity contribution in [3.63, 3.8) is 0 Å². The first-order valence-electron chi connectivity index (χ1n) is 10.9. The minimum Gasteiger partial charge on any atom is -0.480 e. The molecule has 2 fully saturated rings. The van der Waals surface area contributed by atoms with Crippen molar-refractivity contribution >= 4 is 11.9 Å². The Morgan fingerprint density at radius 2 is 1.61 bits per heavy atom. The average Bonchev–Trinajstić information content (AvgIpc) is 2.73. The summed E-state index contributed by atoms with van der Waals surface area (Å²) in [5, 5.41) is 8.91. The molecule has 2 saturated heterocycles. The van der Waals surface area contributed by atoms with Crippen molar-refractivity contribution in [2.24, 2.45) is 5.92 Å². The van der Waals surface area contributed by atoms with Gasteiger partial charge in [-0.3, -0.25) is 14.5 Å². The van der Waals surface area contributed by atoms with Crippen LogP contribution in [0.5, 0.6) is 0 Å². The number of aliphatic carboxylic acids is 1. The van der Waals surface area contributed by atoms with E-state index in [0.717, 1.165) is 38.8 Å². The van der Waals surface area contributed by atoms with Crippen LogP contribution in [0.25, 0.3) is 0 Å². The maximum atomic E-state index is 12.9. The highest BCUT2D eigenvalue weighted by molar-refractivity contribution is 5.79. The highest BCUT2D eigenvalue weighted by Gasteiger charge is 2.31. The highest BCUT2D eigenvalue weighted by atomic mass is 16.4. The third-order valence-corrected chi connectivity index (χ3v) is 6.95. The first-order valence-corrected chi connectivity index (χ1v) is 10.9. The topological polar surface area (TPSA) is 60.9 Å². The van der Waals surface area contributed by atoms with E-state index in [4.69, 9.17) is 5.11 Å². The number of hydrogen-bond acceptors (Lipinski definition) is 3. The molecule has 0 aromatic heterocycles. The molecule has 152 valence electrons. The first kappa shape index (κ1) is 19.4. The zero-order valence-electron chi connectivity index (χ0n) is 16.7. The van der Waals surface area contributed by atoms with Gasteiger partial charge >= 0.3 is 5.97 Å². The van der Waals surface area contributed by atoms with Gasteiger partial charge in [0.15, 0.2) is 0 Å². The van der Waals surface area contributed by atoms with Crippen LogP contribution >= 0.6 is 0 Å². The minimum atomic E-state index is -0.783. The molecular weight excluding hydrogens is 352 g/mol. The number of aryl methyl sites for hydroxylation is 2. The van der Waals surface area contributed by atoms with Crippen LogP contribution < -0.4 is 0 Å². The number of likely N-dealkylation sites (tertiary alicyclic amines) is 2. The molecule has 3 aliphatic rings. The molecule has 5 heteroatoms. The van der Waals surface area contributed by atoms with E-state index in [1.807, 2.05) is 4.90 Å². The Balaban J connectivity index is 1.28. The quantitative estimate of drug-likeness (QED) is 0.867. The lowest BCUT2D eigenvalue weighted by Crippen LogP contribution is -2.46. The molecular formula is C23H32N2O3. The molecule has 0 atom stereocenters. The van der Waals surface area contributed by atoms with Crippen molar-refractivity contribution in [3.8, 4) is 0 Å². The molecule has 1 N–H and O–H groups in total. The van der Waals surface area contributed by atoms with Gasteiger partial charge in [-0.05, 0) is 87.1 Å².